The summed E-state index contributed by atoms with van der Waals surface area (Å²) in [6.07, 6.45) is 3.78. The van der Waals surface area contributed by atoms with Crippen LogP contribution < -0.4 is 14.9 Å². The summed E-state index contributed by atoms with van der Waals surface area (Å²) in [6.45, 7) is 3.13. The number of fused-ring (bicyclic) bond motifs is 1. The smallest absolute Gasteiger partial charge is 0.263 e. The Morgan fingerprint density at radius 3 is 2.74 bits per heavy atom. The van der Waals surface area contributed by atoms with Gasteiger partial charge in [0, 0.05) is 47.9 Å². The van der Waals surface area contributed by atoms with Gasteiger partial charge in [0.1, 0.15) is 18.2 Å². The van der Waals surface area contributed by atoms with Gasteiger partial charge in [0.05, 0.1) is 10.4 Å². The maximum Gasteiger partial charge on any atom is 0.263 e. The maximum atomic E-state index is 14.0. The van der Waals surface area contributed by atoms with Gasteiger partial charge >= 0.3 is 0 Å². The lowest BCUT2D eigenvalue weighted by Crippen LogP contribution is -2.40. The molecule has 4 aromatic rings. The Hall–Kier alpha value is -3.51. The van der Waals surface area contributed by atoms with Crippen LogP contribution in [0, 0.1) is 5.82 Å². The highest BCUT2D eigenvalue weighted by atomic mass is 32.2. The lowest BCUT2D eigenvalue weighted by Gasteiger charge is -2.21. The summed E-state index contributed by atoms with van der Waals surface area (Å²) in [6, 6.07) is 12.6. The first-order valence-electron chi connectivity index (χ1n) is 11.0. The van der Waals surface area contributed by atoms with Crippen molar-refractivity contribution in [1.82, 2.24) is 19.2 Å². The van der Waals surface area contributed by atoms with Crippen LogP contribution in [-0.2, 0) is 14.8 Å². The molecule has 1 saturated heterocycles. The van der Waals surface area contributed by atoms with Crippen molar-refractivity contribution in [2.24, 2.45) is 0 Å². The Morgan fingerprint density at radius 1 is 1.20 bits per heavy atom. The molecule has 2 aromatic carbocycles. The van der Waals surface area contributed by atoms with E-state index in [1.54, 1.807) is 60.2 Å². The second-order valence-electron chi connectivity index (χ2n) is 8.36. The predicted octanol–water partition coefficient (Wildman–Crippen LogP) is 3.39. The standard InChI is InChI=1S/C23H23FN6O3S2/c1-15(30-12-10-19-20(24)3-2-4-21(19)30)22(31)27-16-9-11-29(13-16)17-5-7-18(8-6-17)35(32,33)28-23-25-14-26-34-23/h2-8,10,12,14-16H,9,11,13H2,1H3,(H,27,31)(H,25,26,28)/t15?,16-/m0/s1. The number of carbonyl (C=O) groups is 1. The zero-order valence-electron chi connectivity index (χ0n) is 18.8. The van der Waals surface area contributed by atoms with Crippen LogP contribution in [0.25, 0.3) is 10.9 Å². The van der Waals surface area contributed by atoms with Gasteiger partial charge in [0.2, 0.25) is 11.0 Å². The van der Waals surface area contributed by atoms with Gasteiger partial charge < -0.3 is 14.8 Å². The van der Waals surface area contributed by atoms with E-state index in [0.29, 0.717) is 17.4 Å². The van der Waals surface area contributed by atoms with Gasteiger partial charge in [-0.2, -0.15) is 4.37 Å². The number of hydrogen-bond acceptors (Lipinski definition) is 7. The van der Waals surface area contributed by atoms with Crippen molar-refractivity contribution in [3.8, 4) is 0 Å². The average Bonchev–Trinajstić information content (AvgIpc) is 3.60. The summed E-state index contributed by atoms with van der Waals surface area (Å²) in [4.78, 5) is 19.0. The summed E-state index contributed by atoms with van der Waals surface area (Å²) in [5, 5.41) is 3.79. The quantitative estimate of drug-likeness (QED) is 0.391. The van der Waals surface area contributed by atoms with Gasteiger partial charge in [-0.1, -0.05) is 6.07 Å². The number of rotatable bonds is 7. The van der Waals surface area contributed by atoms with E-state index in [2.05, 4.69) is 24.3 Å². The lowest BCUT2D eigenvalue weighted by atomic mass is 10.2. The highest BCUT2D eigenvalue weighted by molar-refractivity contribution is 7.93. The van der Waals surface area contributed by atoms with Gasteiger partial charge in [-0.25, -0.2) is 17.8 Å². The number of nitrogens with one attached hydrogen (secondary N) is 2. The molecule has 0 spiro atoms. The van der Waals surface area contributed by atoms with Gasteiger partial charge in [0.25, 0.3) is 10.0 Å². The molecular weight excluding hydrogens is 491 g/mol. The number of anilines is 2. The van der Waals surface area contributed by atoms with Crippen LogP contribution in [0.1, 0.15) is 19.4 Å². The van der Waals surface area contributed by atoms with Crippen LogP contribution in [-0.4, -0.2) is 47.4 Å². The molecule has 1 unspecified atom stereocenters. The minimum Gasteiger partial charge on any atom is -0.369 e. The SMILES string of the molecule is CC(C(=O)N[C@H]1CCN(c2ccc(S(=O)(=O)Nc3ncns3)cc2)C1)n1ccc2c(F)cccc21. The first-order chi connectivity index (χ1) is 16.8. The molecule has 1 aliphatic heterocycles. The van der Waals surface area contributed by atoms with Gasteiger partial charge in [-0.05, 0) is 55.8 Å². The molecule has 5 rings (SSSR count). The molecule has 182 valence electrons. The Kier molecular flexibility index (Phi) is 6.15. The van der Waals surface area contributed by atoms with Crippen LogP contribution in [0.2, 0.25) is 0 Å². The molecule has 1 fully saturated rings. The molecule has 1 aliphatic rings. The van der Waals surface area contributed by atoms with Crippen molar-refractivity contribution in [3.63, 3.8) is 0 Å². The Labute approximate surface area is 205 Å². The first kappa shape index (κ1) is 23.2. The predicted molar refractivity (Wildman–Crippen MR) is 133 cm³/mol. The third-order valence-corrected chi connectivity index (χ3v) is 8.20. The summed E-state index contributed by atoms with van der Waals surface area (Å²) in [5.74, 6) is -0.446. The molecule has 0 bridgehead atoms. The largest absolute Gasteiger partial charge is 0.369 e. The van der Waals surface area contributed by atoms with Crippen LogP contribution in [0.4, 0.5) is 15.2 Å². The highest BCUT2D eigenvalue weighted by Gasteiger charge is 2.27. The maximum absolute atomic E-state index is 14.0. The minimum atomic E-state index is -3.74. The fourth-order valence-corrected chi connectivity index (χ4v) is 5.94. The zero-order chi connectivity index (χ0) is 24.6. The van der Waals surface area contributed by atoms with Crippen molar-refractivity contribution in [2.75, 3.05) is 22.7 Å². The topological polar surface area (TPSA) is 109 Å². The van der Waals surface area contributed by atoms with E-state index in [1.165, 1.54) is 12.4 Å². The van der Waals surface area contributed by atoms with Crippen LogP contribution in [0.5, 0.6) is 0 Å². The number of benzene rings is 2. The van der Waals surface area contributed by atoms with E-state index in [9.17, 15) is 17.6 Å². The molecule has 3 heterocycles. The van der Waals surface area contributed by atoms with E-state index < -0.39 is 16.1 Å². The molecular formula is C23H23FN6O3S2. The monoisotopic (exact) mass is 514 g/mol. The Balaban J connectivity index is 1.21. The molecule has 35 heavy (non-hydrogen) atoms. The van der Waals surface area contributed by atoms with Crippen molar-refractivity contribution >= 4 is 49.2 Å². The summed E-state index contributed by atoms with van der Waals surface area (Å²) < 4.78 is 47.0. The van der Waals surface area contributed by atoms with Crippen LogP contribution in [0.3, 0.4) is 0 Å². The highest BCUT2D eigenvalue weighted by Crippen LogP contribution is 2.25. The van der Waals surface area contributed by atoms with Gasteiger partial charge in [-0.15, -0.1) is 0 Å². The second kappa shape index (κ2) is 9.27. The van der Waals surface area contributed by atoms with E-state index in [4.69, 9.17) is 0 Å². The molecule has 2 aromatic heterocycles. The number of sulfonamides is 1. The lowest BCUT2D eigenvalue weighted by molar-refractivity contribution is -0.124. The molecule has 12 heteroatoms. The van der Waals surface area contributed by atoms with Crippen molar-refractivity contribution in [2.45, 2.75) is 30.3 Å². The van der Waals surface area contributed by atoms with E-state index in [-0.39, 0.29) is 27.8 Å². The fourth-order valence-electron chi connectivity index (χ4n) is 4.28. The van der Waals surface area contributed by atoms with E-state index >= 15 is 0 Å². The number of amides is 1. The first-order valence-corrected chi connectivity index (χ1v) is 13.3. The molecule has 2 N–H and O–H groups in total. The normalized spacial score (nSPS) is 17.0. The summed E-state index contributed by atoms with van der Waals surface area (Å²) in [5.41, 5.74) is 1.55. The molecule has 0 radical (unpaired) electrons. The average molecular weight is 515 g/mol. The second-order valence-corrected chi connectivity index (χ2v) is 10.8. The van der Waals surface area contributed by atoms with Crippen molar-refractivity contribution in [1.29, 1.82) is 0 Å². The minimum absolute atomic E-state index is 0.0500. The number of nitrogens with zero attached hydrogens (tertiary/aromatic N) is 4. The number of hydrogen-bond donors (Lipinski definition) is 2. The molecule has 2 atom stereocenters. The molecule has 0 saturated carbocycles. The third kappa shape index (κ3) is 4.71. The van der Waals surface area contributed by atoms with E-state index in [0.717, 1.165) is 30.2 Å². The van der Waals surface area contributed by atoms with E-state index in [1.807, 2.05) is 0 Å². The van der Waals surface area contributed by atoms with Gasteiger partial charge in [-0.3, -0.25) is 9.52 Å². The number of carbonyl (C=O) groups excluding carboxylic acids is 1. The summed E-state index contributed by atoms with van der Waals surface area (Å²) >= 11 is 0.963. The molecule has 0 aliphatic carbocycles. The fraction of sp³-hybridized carbons (Fsp3) is 0.261. The number of aromatic nitrogens is 3. The van der Waals surface area contributed by atoms with Crippen molar-refractivity contribution in [3.05, 3.63) is 66.9 Å². The molecule has 1 amide bonds. The third-order valence-electron chi connectivity index (χ3n) is 6.14. The Bertz CT molecular complexity index is 1450. The number of halogens is 1. The van der Waals surface area contributed by atoms with Gasteiger partial charge in [0.15, 0.2) is 0 Å². The Morgan fingerprint density at radius 2 is 2.00 bits per heavy atom. The molecule has 9 nitrogen and oxygen atoms in total. The summed E-state index contributed by atoms with van der Waals surface area (Å²) in [7, 11) is -3.74. The van der Waals surface area contributed by atoms with Crippen LogP contribution in [0.15, 0.2) is 66.0 Å². The van der Waals surface area contributed by atoms with Crippen molar-refractivity contribution < 1.29 is 17.6 Å². The zero-order valence-corrected chi connectivity index (χ0v) is 20.4. The van der Waals surface area contributed by atoms with Crippen LogP contribution >= 0.6 is 11.5 Å².